The SMILES string of the molecule is C[C@H]1C[C@@H]1[C@H]1OC(c2ccccc2)O[C@@H]1[C@H]1C[C@@H]1C. The second-order valence-corrected chi connectivity index (χ2v) is 6.70. The van der Waals surface area contributed by atoms with Crippen LogP contribution in [-0.4, -0.2) is 12.2 Å². The Kier molecular flexibility index (Phi) is 2.71. The van der Waals surface area contributed by atoms with Gasteiger partial charge in [-0.2, -0.15) is 0 Å². The lowest BCUT2D eigenvalue weighted by atomic mass is 10.0. The Morgan fingerprint density at radius 1 is 0.842 bits per heavy atom. The molecule has 1 aliphatic heterocycles. The standard InChI is InChI=1S/C17H22O2/c1-10-8-13(10)15-16(14-9-11(14)2)19-17(18-15)12-6-4-3-5-7-12/h3-7,10-11,13-17H,8-9H2,1-2H3/t10-,11-,13-,14-,15+,16+/m0/s1. The zero-order valence-corrected chi connectivity index (χ0v) is 11.7. The van der Waals surface area contributed by atoms with Crippen LogP contribution in [0, 0.1) is 23.7 Å². The number of hydrogen-bond acceptors (Lipinski definition) is 2. The van der Waals surface area contributed by atoms with E-state index in [1.54, 1.807) is 0 Å². The van der Waals surface area contributed by atoms with Gasteiger partial charge in [-0.05, 0) is 36.5 Å². The van der Waals surface area contributed by atoms with Crippen molar-refractivity contribution in [2.45, 2.75) is 45.2 Å². The number of ether oxygens (including phenoxy) is 2. The molecule has 2 nitrogen and oxygen atoms in total. The van der Waals surface area contributed by atoms with E-state index in [0.29, 0.717) is 12.2 Å². The lowest BCUT2D eigenvalue weighted by Gasteiger charge is -2.16. The van der Waals surface area contributed by atoms with Gasteiger partial charge < -0.3 is 9.47 Å². The largest absolute Gasteiger partial charge is 0.342 e. The second kappa shape index (κ2) is 4.32. The average Bonchev–Trinajstić information content (AvgIpc) is 3.29. The van der Waals surface area contributed by atoms with Gasteiger partial charge in [-0.25, -0.2) is 0 Å². The smallest absolute Gasteiger partial charge is 0.184 e. The molecule has 0 aromatic heterocycles. The Morgan fingerprint density at radius 3 is 1.74 bits per heavy atom. The van der Waals surface area contributed by atoms with Gasteiger partial charge in [-0.1, -0.05) is 44.2 Å². The van der Waals surface area contributed by atoms with Crippen LogP contribution < -0.4 is 0 Å². The van der Waals surface area contributed by atoms with Crippen molar-refractivity contribution in [3.05, 3.63) is 35.9 Å². The molecule has 1 aromatic rings. The molecule has 0 amide bonds. The fourth-order valence-corrected chi connectivity index (χ4v) is 3.55. The predicted octanol–water partition coefficient (Wildman–Crippen LogP) is 3.78. The minimum absolute atomic E-state index is 0.142. The summed E-state index contributed by atoms with van der Waals surface area (Å²) in [4.78, 5) is 0. The molecule has 3 aliphatic rings. The molecule has 1 heterocycles. The van der Waals surface area contributed by atoms with Crippen LogP contribution in [0.15, 0.2) is 30.3 Å². The van der Waals surface area contributed by atoms with Gasteiger partial charge in [-0.3, -0.25) is 0 Å². The van der Waals surface area contributed by atoms with E-state index in [0.717, 1.165) is 29.2 Å². The number of rotatable bonds is 3. The lowest BCUT2D eigenvalue weighted by Crippen LogP contribution is -2.27. The summed E-state index contributed by atoms with van der Waals surface area (Å²) in [6, 6.07) is 10.4. The zero-order chi connectivity index (χ0) is 13.0. The van der Waals surface area contributed by atoms with E-state index < -0.39 is 0 Å². The van der Waals surface area contributed by atoms with Gasteiger partial charge in [0.1, 0.15) is 0 Å². The van der Waals surface area contributed by atoms with Crippen LogP contribution >= 0.6 is 0 Å². The number of benzene rings is 1. The summed E-state index contributed by atoms with van der Waals surface area (Å²) >= 11 is 0. The molecule has 1 aromatic carbocycles. The van der Waals surface area contributed by atoms with Crippen molar-refractivity contribution in [2.75, 3.05) is 0 Å². The molecular weight excluding hydrogens is 236 g/mol. The van der Waals surface area contributed by atoms with Crippen LogP contribution in [0.2, 0.25) is 0 Å². The molecule has 102 valence electrons. The van der Waals surface area contributed by atoms with Gasteiger partial charge in [-0.15, -0.1) is 0 Å². The summed E-state index contributed by atoms with van der Waals surface area (Å²) in [5.74, 6) is 3.09. The molecule has 0 unspecified atom stereocenters. The van der Waals surface area contributed by atoms with E-state index in [-0.39, 0.29) is 6.29 Å². The summed E-state index contributed by atoms with van der Waals surface area (Å²) < 4.78 is 12.6. The lowest BCUT2D eigenvalue weighted by molar-refractivity contribution is -0.0734. The third-order valence-corrected chi connectivity index (χ3v) is 5.14. The topological polar surface area (TPSA) is 18.5 Å². The van der Waals surface area contributed by atoms with Crippen LogP contribution in [-0.2, 0) is 9.47 Å². The van der Waals surface area contributed by atoms with Crippen molar-refractivity contribution in [3.8, 4) is 0 Å². The highest BCUT2D eigenvalue weighted by Gasteiger charge is 2.56. The van der Waals surface area contributed by atoms with E-state index in [1.807, 2.05) is 6.07 Å². The summed E-state index contributed by atoms with van der Waals surface area (Å²) in [5.41, 5.74) is 1.16. The van der Waals surface area contributed by atoms with E-state index in [4.69, 9.17) is 9.47 Å². The summed E-state index contributed by atoms with van der Waals surface area (Å²) in [6.07, 6.45) is 3.14. The molecule has 0 N–H and O–H groups in total. The highest BCUT2D eigenvalue weighted by atomic mass is 16.7. The van der Waals surface area contributed by atoms with Crippen LogP contribution in [0.3, 0.4) is 0 Å². The summed E-state index contributed by atoms with van der Waals surface area (Å²) in [7, 11) is 0. The summed E-state index contributed by atoms with van der Waals surface area (Å²) in [5, 5.41) is 0. The molecule has 2 aliphatic carbocycles. The first-order chi connectivity index (χ1) is 9.24. The molecule has 6 atom stereocenters. The second-order valence-electron chi connectivity index (χ2n) is 6.70. The molecule has 19 heavy (non-hydrogen) atoms. The fraction of sp³-hybridized carbons (Fsp3) is 0.647. The third-order valence-electron chi connectivity index (χ3n) is 5.14. The Labute approximate surface area is 115 Å². The number of hydrogen-bond donors (Lipinski definition) is 0. The molecular formula is C17H22O2. The molecule has 0 spiro atoms. The predicted molar refractivity (Wildman–Crippen MR) is 73.5 cm³/mol. The molecule has 2 saturated carbocycles. The monoisotopic (exact) mass is 258 g/mol. The first kappa shape index (κ1) is 11.9. The van der Waals surface area contributed by atoms with Gasteiger partial charge in [0.15, 0.2) is 6.29 Å². The van der Waals surface area contributed by atoms with Gasteiger partial charge in [0.05, 0.1) is 12.2 Å². The first-order valence-corrected chi connectivity index (χ1v) is 7.60. The Balaban J connectivity index is 1.54. The normalized spacial score (nSPS) is 45.4. The van der Waals surface area contributed by atoms with Crippen molar-refractivity contribution in [1.82, 2.24) is 0 Å². The van der Waals surface area contributed by atoms with Crippen molar-refractivity contribution in [1.29, 1.82) is 0 Å². The summed E-state index contributed by atoms with van der Waals surface area (Å²) in [6.45, 7) is 4.66. The highest BCUT2D eigenvalue weighted by Crippen LogP contribution is 2.54. The van der Waals surface area contributed by atoms with Crippen LogP contribution in [0.25, 0.3) is 0 Å². The molecule has 0 bridgehead atoms. The Bertz CT molecular complexity index is 434. The quantitative estimate of drug-likeness (QED) is 0.821. The van der Waals surface area contributed by atoms with E-state index >= 15 is 0 Å². The maximum absolute atomic E-state index is 6.28. The van der Waals surface area contributed by atoms with Gasteiger partial charge >= 0.3 is 0 Å². The maximum atomic E-state index is 6.28. The van der Waals surface area contributed by atoms with E-state index in [1.165, 1.54) is 12.8 Å². The van der Waals surface area contributed by atoms with Crippen LogP contribution in [0.5, 0.6) is 0 Å². The van der Waals surface area contributed by atoms with Crippen molar-refractivity contribution in [3.63, 3.8) is 0 Å². The van der Waals surface area contributed by atoms with Crippen molar-refractivity contribution in [2.24, 2.45) is 23.7 Å². The maximum Gasteiger partial charge on any atom is 0.184 e. The fourth-order valence-electron chi connectivity index (χ4n) is 3.55. The van der Waals surface area contributed by atoms with E-state index in [2.05, 4.69) is 38.1 Å². The van der Waals surface area contributed by atoms with Crippen LogP contribution in [0.1, 0.15) is 38.5 Å². The van der Waals surface area contributed by atoms with Gasteiger partial charge in [0.2, 0.25) is 0 Å². The van der Waals surface area contributed by atoms with Gasteiger partial charge in [0, 0.05) is 5.56 Å². The molecule has 3 fully saturated rings. The molecule has 0 radical (unpaired) electrons. The van der Waals surface area contributed by atoms with Gasteiger partial charge in [0.25, 0.3) is 0 Å². The van der Waals surface area contributed by atoms with Crippen molar-refractivity contribution < 1.29 is 9.47 Å². The Morgan fingerprint density at radius 2 is 1.32 bits per heavy atom. The first-order valence-electron chi connectivity index (χ1n) is 7.60. The average molecular weight is 258 g/mol. The minimum Gasteiger partial charge on any atom is -0.342 e. The van der Waals surface area contributed by atoms with E-state index in [9.17, 15) is 0 Å². The van der Waals surface area contributed by atoms with Crippen molar-refractivity contribution >= 4 is 0 Å². The molecule has 2 heteroatoms. The zero-order valence-electron chi connectivity index (χ0n) is 11.7. The molecule has 1 saturated heterocycles. The molecule has 4 rings (SSSR count). The third kappa shape index (κ3) is 2.11. The van der Waals surface area contributed by atoms with Crippen LogP contribution in [0.4, 0.5) is 0 Å². The minimum atomic E-state index is -0.142. The Hall–Kier alpha value is -0.860. The highest BCUT2D eigenvalue weighted by molar-refractivity contribution is 5.17.